The van der Waals surface area contributed by atoms with Crippen molar-refractivity contribution in [3.63, 3.8) is 0 Å². The fourth-order valence-corrected chi connectivity index (χ4v) is 2.78. The molecular formula is C21H21N3O2. The molecule has 1 heterocycles. The van der Waals surface area contributed by atoms with Crippen LogP contribution in [0, 0.1) is 0 Å². The van der Waals surface area contributed by atoms with E-state index >= 15 is 0 Å². The second-order valence-corrected chi connectivity index (χ2v) is 5.90. The monoisotopic (exact) mass is 347 g/mol. The highest BCUT2D eigenvalue weighted by molar-refractivity contribution is 6.04. The number of fused-ring (bicyclic) bond motifs is 1. The molecule has 0 aliphatic carbocycles. The van der Waals surface area contributed by atoms with E-state index in [1.165, 1.54) is 0 Å². The third-order valence-electron chi connectivity index (χ3n) is 4.27. The predicted molar refractivity (Wildman–Crippen MR) is 103 cm³/mol. The molecular weight excluding hydrogens is 326 g/mol. The number of rotatable bonds is 5. The van der Waals surface area contributed by atoms with Crippen molar-refractivity contribution in [1.82, 2.24) is 9.88 Å². The van der Waals surface area contributed by atoms with Crippen molar-refractivity contribution in [3.05, 3.63) is 71.9 Å². The van der Waals surface area contributed by atoms with Gasteiger partial charge in [0.05, 0.1) is 5.52 Å². The summed E-state index contributed by atoms with van der Waals surface area (Å²) in [5, 5.41) is 3.81. The quantitative estimate of drug-likeness (QED) is 0.760. The van der Waals surface area contributed by atoms with Crippen molar-refractivity contribution in [2.24, 2.45) is 0 Å². The van der Waals surface area contributed by atoms with Crippen LogP contribution in [-0.2, 0) is 0 Å². The largest absolute Gasteiger partial charge is 0.339 e. The van der Waals surface area contributed by atoms with Crippen molar-refractivity contribution in [2.75, 3.05) is 18.4 Å². The Hall–Kier alpha value is -3.21. The summed E-state index contributed by atoms with van der Waals surface area (Å²) in [4.78, 5) is 30.9. The second-order valence-electron chi connectivity index (χ2n) is 5.90. The van der Waals surface area contributed by atoms with Gasteiger partial charge >= 0.3 is 0 Å². The molecule has 0 spiro atoms. The molecule has 3 rings (SSSR count). The molecule has 26 heavy (non-hydrogen) atoms. The average molecular weight is 347 g/mol. The molecule has 3 aromatic rings. The van der Waals surface area contributed by atoms with Crippen LogP contribution in [0.4, 0.5) is 5.69 Å². The Labute approximate surface area is 152 Å². The lowest BCUT2D eigenvalue weighted by atomic mass is 10.1. The van der Waals surface area contributed by atoms with Crippen LogP contribution in [-0.4, -0.2) is 34.8 Å². The number of benzene rings is 2. The first-order valence-electron chi connectivity index (χ1n) is 8.69. The van der Waals surface area contributed by atoms with Crippen molar-refractivity contribution >= 4 is 28.4 Å². The lowest BCUT2D eigenvalue weighted by molar-refractivity contribution is 0.0773. The number of carbonyl (C=O) groups is 2. The van der Waals surface area contributed by atoms with Gasteiger partial charge in [-0.25, -0.2) is 4.98 Å². The Balaban J connectivity index is 1.73. The normalized spacial score (nSPS) is 10.5. The van der Waals surface area contributed by atoms with Gasteiger partial charge in [-0.15, -0.1) is 0 Å². The summed E-state index contributed by atoms with van der Waals surface area (Å²) < 4.78 is 0. The fourth-order valence-electron chi connectivity index (χ4n) is 2.78. The summed E-state index contributed by atoms with van der Waals surface area (Å²) in [5.74, 6) is -0.289. The van der Waals surface area contributed by atoms with Gasteiger partial charge in [-0.1, -0.05) is 24.3 Å². The van der Waals surface area contributed by atoms with Crippen molar-refractivity contribution in [2.45, 2.75) is 13.8 Å². The number of anilines is 1. The van der Waals surface area contributed by atoms with E-state index in [1.807, 2.05) is 44.2 Å². The van der Waals surface area contributed by atoms with E-state index in [0.29, 0.717) is 30.0 Å². The standard InChI is InChI=1S/C21H21N3O2/c1-3-24(4-2)21(26)16-9-12-17(13-10-16)22-20(25)19-14-11-15-7-5-6-8-18(15)23-19/h5-14H,3-4H2,1-2H3,(H,22,25). The minimum absolute atomic E-state index is 0.0101. The highest BCUT2D eigenvalue weighted by Gasteiger charge is 2.13. The van der Waals surface area contributed by atoms with Crippen LogP contribution in [0.2, 0.25) is 0 Å². The maximum Gasteiger partial charge on any atom is 0.274 e. The molecule has 0 fully saturated rings. The maximum absolute atomic E-state index is 12.4. The van der Waals surface area contributed by atoms with E-state index in [0.717, 1.165) is 10.9 Å². The zero-order valence-corrected chi connectivity index (χ0v) is 14.9. The van der Waals surface area contributed by atoms with Crippen LogP contribution in [0.25, 0.3) is 10.9 Å². The first-order chi connectivity index (χ1) is 12.6. The van der Waals surface area contributed by atoms with Crippen LogP contribution in [0.5, 0.6) is 0 Å². The van der Waals surface area contributed by atoms with Gasteiger partial charge in [-0.05, 0) is 50.2 Å². The Morgan fingerprint density at radius 1 is 0.923 bits per heavy atom. The number of carbonyl (C=O) groups excluding carboxylic acids is 2. The number of nitrogens with zero attached hydrogens (tertiary/aromatic N) is 2. The van der Waals surface area contributed by atoms with Gasteiger partial charge in [0, 0.05) is 29.7 Å². The van der Waals surface area contributed by atoms with Gasteiger partial charge in [0.2, 0.25) is 0 Å². The summed E-state index contributed by atoms with van der Waals surface area (Å²) in [5.41, 5.74) is 2.36. The number of para-hydroxylation sites is 1. The predicted octanol–water partition coefficient (Wildman–Crippen LogP) is 3.97. The summed E-state index contributed by atoms with van der Waals surface area (Å²) in [6, 6.07) is 18.2. The van der Waals surface area contributed by atoms with Crippen LogP contribution < -0.4 is 5.32 Å². The SMILES string of the molecule is CCN(CC)C(=O)c1ccc(NC(=O)c2ccc3ccccc3n2)cc1. The van der Waals surface area contributed by atoms with Crippen LogP contribution in [0.15, 0.2) is 60.7 Å². The van der Waals surface area contributed by atoms with Crippen molar-refractivity contribution in [1.29, 1.82) is 0 Å². The third kappa shape index (κ3) is 3.72. The minimum atomic E-state index is -0.279. The summed E-state index contributed by atoms with van der Waals surface area (Å²) in [6.45, 7) is 5.24. The van der Waals surface area contributed by atoms with E-state index < -0.39 is 0 Å². The van der Waals surface area contributed by atoms with Gasteiger partial charge in [0.25, 0.3) is 11.8 Å². The first-order valence-corrected chi connectivity index (χ1v) is 8.69. The van der Waals surface area contributed by atoms with E-state index in [4.69, 9.17) is 0 Å². The molecule has 0 saturated carbocycles. The molecule has 0 bridgehead atoms. The molecule has 0 saturated heterocycles. The van der Waals surface area contributed by atoms with Crippen LogP contribution >= 0.6 is 0 Å². The highest BCUT2D eigenvalue weighted by atomic mass is 16.2. The number of pyridine rings is 1. The molecule has 1 N–H and O–H groups in total. The summed E-state index contributed by atoms with van der Waals surface area (Å²) >= 11 is 0. The van der Waals surface area contributed by atoms with Crippen LogP contribution in [0.3, 0.4) is 0 Å². The van der Waals surface area contributed by atoms with E-state index in [2.05, 4.69) is 10.3 Å². The van der Waals surface area contributed by atoms with Crippen LogP contribution in [0.1, 0.15) is 34.7 Å². The van der Waals surface area contributed by atoms with Crippen molar-refractivity contribution in [3.8, 4) is 0 Å². The Bertz CT molecular complexity index is 931. The molecule has 5 heteroatoms. The van der Waals surface area contributed by atoms with E-state index in [-0.39, 0.29) is 11.8 Å². The molecule has 0 radical (unpaired) electrons. The molecule has 2 aromatic carbocycles. The zero-order chi connectivity index (χ0) is 18.5. The Morgan fingerprint density at radius 2 is 1.62 bits per heavy atom. The topological polar surface area (TPSA) is 62.3 Å². The highest BCUT2D eigenvalue weighted by Crippen LogP contribution is 2.15. The Kier molecular flexibility index (Phi) is 5.27. The lowest BCUT2D eigenvalue weighted by Crippen LogP contribution is -2.30. The number of hydrogen-bond acceptors (Lipinski definition) is 3. The molecule has 2 amide bonds. The molecule has 0 unspecified atom stereocenters. The van der Waals surface area contributed by atoms with E-state index in [1.54, 1.807) is 35.2 Å². The average Bonchev–Trinajstić information content (AvgIpc) is 2.69. The Morgan fingerprint density at radius 3 is 2.31 bits per heavy atom. The summed E-state index contributed by atoms with van der Waals surface area (Å²) in [7, 11) is 0. The zero-order valence-electron chi connectivity index (χ0n) is 14.9. The maximum atomic E-state index is 12.4. The summed E-state index contributed by atoms with van der Waals surface area (Å²) in [6.07, 6.45) is 0. The molecule has 0 aliphatic heterocycles. The second kappa shape index (κ2) is 7.78. The van der Waals surface area contributed by atoms with E-state index in [9.17, 15) is 9.59 Å². The number of aromatic nitrogens is 1. The fraction of sp³-hybridized carbons (Fsp3) is 0.190. The molecule has 0 aliphatic rings. The molecule has 132 valence electrons. The molecule has 5 nitrogen and oxygen atoms in total. The van der Waals surface area contributed by atoms with Gasteiger partial charge < -0.3 is 10.2 Å². The van der Waals surface area contributed by atoms with Crippen molar-refractivity contribution < 1.29 is 9.59 Å². The van der Waals surface area contributed by atoms with Gasteiger partial charge in [0.1, 0.15) is 5.69 Å². The number of amides is 2. The minimum Gasteiger partial charge on any atom is -0.339 e. The van der Waals surface area contributed by atoms with Gasteiger partial charge in [0.15, 0.2) is 0 Å². The van der Waals surface area contributed by atoms with Gasteiger partial charge in [-0.3, -0.25) is 9.59 Å². The lowest BCUT2D eigenvalue weighted by Gasteiger charge is -2.18. The first kappa shape index (κ1) is 17.6. The smallest absolute Gasteiger partial charge is 0.274 e. The number of hydrogen-bond donors (Lipinski definition) is 1. The number of nitrogens with one attached hydrogen (secondary N) is 1. The molecule has 0 atom stereocenters. The van der Waals surface area contributed by atoms with Gasteiger partial charge in [-0.2, -0.15) is 0 Å². The third-order valence-corrected chi connectivity index (χ3v) is 4.27. The molecule has 1 aromatic heterocycles.